The first-order chi connectivity index (χ1) is 8.99. The Morgan fingerprint density at radius 2 is 2.05 bits per heavy atom. The maximum atomic E-state index is 9.49. The number of phenols is 1. The Bertz CT molecular complexity index is 564. The van der Waals surface area contributed by atoms with Crippen molar-refractivity contribution in [3.63, 3.8) is 0 Å². The number of aromatic hydroxyl groups is 1. The van der Waals surface area contributed by atoms with Crippen LogP contribution in [0.1, 0.15) is 25.6 Å². The Morgan fingerprint density at radius 1 is 1.32 bits per heavy atom. The minimum atomic E-state index is -0.0876. The molecule has 6 nitrogen and oxygen atoms in total. The van der Waals surface area contributed by atoms with Crippen molar-refractivity contribution >= 4 is 17.2 Å². The number of H-pyrrole nitrogens is 1. The number of benzene rings is 1. The van der Waals surface area contributed by atoms with Crippen LogP contribution in [0.2, 0.25) is 0 Å². The van der Waals surface area contributed by atoms with E-state index < -0.39 is 0 Å². The van der Waals surface area contributed by atoms with E-state index in [4.69, 9.17) is 11.5 Å². The smallest absolute Gasteiger partial charge is 0.142 e. The number of nitrogens with two attached hydrogens (primary N) is 2. The Labute approximate surface area is 111 Å². The Kier molecular flexibility index (Phi) is 3.50. The van der Waals surface area contributed by atoms with Crippen LogP contribution in [-0.4, -0.2) is 15.3 Å². The van der Waals surface area contributed by atoms with E-state index in [9.17, 15) is 5.11 Å². The molecule has 0 bridgehead atoms. The molecule has 7 N–H and O–H groups in total. The average Bonchev–Trinajstić information content (AvgIpc) is 2.67. The molecule has 0 saturated heterocycles. The molecule has 0 amide bonds. The van der Waals surface area contributed by atoms with E-state index in [-0.39, 0.29) is 17.7 Å². The van der Waals surface area contributed by atoms with Crippen LogP contribution in [0.15, 0.2) is 24.3 Å². The van der Waals surface area contributed by atoms with Crippen molar-refractivity contribution in [2.75, 3.05) is 16.8 Å². The van der Waals surface area contributed by atoms with Gasteiger partial charge in [-0.3, -0.25) is 5.10 Å². The molecule has 6 heteroatoms. The highest BCUT2D eigenvalue weighted by molar-refractivity contribution is 5.63. The molecule has 19 heavy (non-hydrogen) atoms. The van der Waals surface area contributed by atoms with E-state index in [0.29, 0.717) is 17.2 Å². The standard InChI is InChI=1S/C13H19N5O/c1-7(2)11(12-10(14)13(15)18-17-12)16-8-4-3-5-9(19)6-8/h3-7,11,16,19H,14H2,1-2H3,(H3,15,17,18). The number of hydrogen-bond acceptors (Lipinski definition) is 5. The number of rotatable bonds is 4. The summed E-state index contributed by atoms with van der Waals surface area (Å²) >= 11 is 0. The van der Waals surface area contributed by atoms with Gasteiger partial charge in [0.25, 0.3) is 0 Å². The highest BCUT2D eigenvalue weighted by atomic mass is 16.3. The summed E-state index contributed by atoms with van der Waals surface area (Å²) in [6.45, 7) is 4.12. The molecule has 0 aliphatic carbocycles. The molecular weight excluding hydrogens is 242 g/mol. The van der Waals surface area contributed by atoms with Crippen LogP contribution in [0, 0.1) is 5.92 Å². The Morgan fingerprint density at radius 3 is 2.58 bits per heavy atom. The maximum Gasteiger partial charge on any atom is 0.142 e. The zero-order valence-corrected chi connectivity index (χ0v) is 11.0. The van der Waals surface area contributed by atoms with Gasteiger partial charge in [-0.15, -0.1) is 0 Å². The summed E-state index contributed by atoms with van der Waals surface area (Å²) in [5.41, 5.74) is 13.6. The van der Waals surface area contributed by atoms with Gasteiger partial charge in [0.15, 0.2) is 0 Å². The fraction of sp³-hybridized carbons (Fsp3) is 0.308. The molecule has 0 aliphatic rings. The van der Waals surface area contributed by atoms with Gasteiger partial charge in [-0.25, -0.2) is 0 Å². The highest BCUT2D eigenvalue weighted by Gasteiger charge is 2.22. The zero-order valence-electron chi connectivity index (χ0n) is 11.0. The number of anilines is 3. The maximum absolute atomic E-state index is 9.49. The fourth-order valence-electron chi connectivity index (χ4n) is 1.94. The largest absolute Gasteiger partial charge is 0.508 e. The van der Waals surface area contributed by atoms with Crippen molar-refractivity contribution in [3.8, 4) is 5.75 Å². The summed E-state index contributed by atoms with van der Waals surface area (Å²) in [6, 6.07) is 6.84. The van der Waals surface area contributed by atoms with Gasteiger partial charge in [0.1, 0.15) is 17.3 Å². The van der Waals surface area contributed by atoms with Crippen LogP contribution in [0.25, 0.3) is 0 Å². The van der Waals surface area contributed by atoms with Crippen molar-refractivity contribution in [2.45, 2.75) is 19.9 Å². The minimum Gasteiger partial charge on any atom is -0.508 e. The van der Waals surface area contributed by atoms with Gasteiger partial charge in [-0.05, 0) is 18.1 Å². The van der Waals surface area contributed by atoms with Crippen molar-refractivity contribution in [3.05, 3.63) is 30.0 Å². The summed E-state index contributed by atoms with van der Waals surface area (Å²) in [5, 5.41) is 19.6. The lowest BCUT2D eigenvalue weighted by Crippen LogP contribution is -2.18. The molecule has 1 atom stereocenters. The number of nitrogens with one attached hydrogen (secondary N) is 2. The molecule has 0 radical (unpaired) electrons. The molecule has 1 unspecified atom stereocenters. The van der Waals surface area contributed by atoms with E-state index in [1.807, 2.05) is 6.07 Å². The van der Waals surface area contributed by atoms with Gasteiger partial charge < -0.3 is 21.9 Å². The third-order valence-electron chi connectivity index (χ3n) is 2.99. The molecule has 0 fully saturated rings. The SMILES string of the molecule is CC(C)C(Nc1cccc(O)c1)c1n[nH]c(N)c1N. The Hall–Kier alpha value is -2.37. The number of nitrogen functional groups attached to an aromatic ring is 2. The summed E-state index contributed by atoms with van der Waals surface area (Å²) < 4.78 is 0. The molecule has 0 aliphatic heterocycles. The summed E-state index contributed by atoms with van der Waals surface area (Å²) in [4.78, 5) is 0. The quantitative estimate of drug-likeness (QED) is 0.578. The van der Waals surface area contributed by atoms with Crippen molar-refractivity contribution in [1.29, 1.82) is 0 Å². The van der Waals surface area contributed by atoms with Gasteiger partial charge in [0.05, 0.1) is 11.7 Å². The van der Waals surface area contributed by atoms with Crippen molar-refractivity contribution < 1.29 is 5.11 Å². The number of aromatic amines is 1. The molecule has 1 heterocycles. The zero-order chi connectivity index (χ0) is 14.0. The van der Waals surface area contributed by atoms with Gasteiger partial charge in [-0.1, -0.05) is 19.9 Å². The third kappa shape index (κ3) is 2.73. The van der Waals surface area contributed by atoms with E-state index in [0.717, 1.165) is 5.69 Å². The lowest BCUT2D eigenvalue weighted by molar-refractivity contribution is 0.475. The van der Waals surface area contributed by atoms with E-state index in [1.165, 1.54) is 0 Å². The van der Waals surface area contributed by atoms with Gasteiger partial charge >= 0.3 is 0 Å². The van der Waals surface area contributed by atoms with E-state index in [1.54, 1.807) is 18.2 Å². The molecule has 0 saturated carbocycles. The molecule has 2 aromatic rings. The molecule has 0 spiro atoms. The van der Waals surface area contributed by atoms with Gasteiger partial charge in [-0.2, -0.15) is 5.10 Å². The van der Waals surface area contributed by atoms with Crippen LogP contribution in [0.5, 0.6) is 5.75 Å². The van der Waals surface area contributed by atoms with Crippen LogP contribution in [0.4, 0.5) is 17.2 Å². The second-order valence-corrected chi connectivity index (χ2v) is 4.85. The molecule has 102 valence electrons. The summed E-state index contributed by atoms with van der Waals surface area (Å²) in [5.74, 6) is 0.840. The van der Waals surface area contributed by atoms with E-state index in [2.05, 4.69) is 29.4 Å². The highest BCUT2D eigenvalue weighted by Crippen LogP contribution is 2.31. The average molecular weight is 261 g/mol. The van der Waals surface area contributed by atoms with Crippen molar-refractivity contribution in [2.24, 2.45) is 5.92 Å². The molecular formula is C13H19N5O. The number of nitrogens with zero attached hydrogens (tertiary/aromatic N) is 1. The molecule has 1 aromatic heterocycles. The monoisotopic (exact) mass is 261 g/mol. The van der Waals surface area contributed by atoms with E-state index >= 15 is 0 Å². The minimum absolute atomic E-state index is 0.0876. The van der Waals surface area contributed by atoms with Gasteiger partial charge in [0, 0.05) is 11.8 Å². The Balaban J connectivity index is 2.29. The normalized spacial score (nSPS) is 12.6. The number of hydrogen-bond donors (Lipinski definition) is 5. The number of aromatic nitrogens is 2. The first-order valence-corrected chi connectivity index (χ1v) is 6.13. The predicted molar refractivity (Wildman–Crippen MR) is 76.7 cm³/mol. The van der Waals surface area contributed by atoms with Crippen LogP contribution in [-0.2, 0) is 0 Å². The first-order valence-electron chi connectivity index (χ1n) is 6.13. The summed E-state index contributed by atoms with van der Waals surface area (Å²) in [7, 11) is 0. The van der Waals surface area contributed by atoms with Crippen LogP contribution >= 0.6 is 0 Å². The molecule has 1 aromatic carbocycles. The second kappa shape index (κ2) is 5.09. The number of phenolic OH excluding ortho intramolecular Hbond substituents is 1. The topological polar surface area (TPSA) is 113 Å². The van der Waals surface area contributed by atoms with Crippen LogP contribution in [0.3, 0.4) is 0 Å². The third-order valence-corrected chi connectivity index (χ3v) is 2.99. The summed E-state index contributed by atoms with van der Waals surface area (Å²) in [6.07, 6.45) is 0. The second-order valence-electron chi connectivity index (χ2n) is 4.85. The van der Waals surface area contributed by atoms with Crippen LogP contribution < -0.4 is 16.8 Å². The van der Waals surface area contributed by atoms with Gasteiger partial charge in [0.2, 0.25) is 0 Å². The van der Waals surface area contributed by atoms with Crippen molar-refractivity contribution in [1.82, 2.24) is 10.2 Å². The predicted octanol–water partition coefficient (Wildman–Crippen LogP) is 2.09. The fourth-order valence-corrected chi connectivity index (χ4v) is 1.94. The first kappa shape index (κ1) is 13.1. The lowest BCUT2D eigenvalue weighted by Gasteiger charge is -2.22. The lowest BCUT2D eigenvalue weighted by atomic mass is 9.99. The molecule has 2 rings (SSSR count).